The number of rotatable bonds is 6. The first-order chi connectivity index (χ1) is 13.1. The van der Waals surface area contributed by atoms with Gasteiger partial charge in [-0.25, -0.2) is 0 Å². The van der Waals surface area contributed by atoms with Crippen LogP contribution in [-0.2, 0) is 4.79 Å². The Morgan fingerprint density at radius 3 is 2.59 bits per heavy atom. The number of nitro groups is 1. The van der Waals surface area contributed by atoms with Crippen molar-refractivity contribution in [2.24, 2.45) is 0 Å². The predicted molar refractivity (Wildman–Crippen MR) is 105 cm³/mol. The third kappa shape index (κ3) is 4.62. The van der Waals surface area contributed by atoms with E-state index in [1.54, 1.807) is 18.2 Å². The van der Waals surface area contributed by atoms with E-state index in [2.05, 4.69) is 29.4 Å². The Morgan fingerprint density at radius 2 is 1.85 bits per heavy atom. The molecule has 1 N–H and O–H groups in total. The van der Waals surface area contributed by atoms with E-state index in [1.165, 1.54) is 6.07 Å². The largest absolute Gasteiger partial charge is 0.379 e. The quantitative estimate of drug-likeness (QED) is 0.626. The molecule has 2 aromatic rings. The van der Waals surface area contributed by atoms with E-state index in [9.17, 15) is 14.9 Å². The molecule has 7 nitrogen and oxygen atoms in total. The van der Waals surface area contributed by atoms with Crippen LogP contribution in [0.5, 0.6) is 0 Å². The molecule has 142 valence electrons. The monoisotopic (exact) mass is 368 g/mol. The van der Waals surface area contributed by atoms with Crippen molar-refractivity contribution in [3.8, 4) is 0 Å². The summed E-state index contributed by atoms with van der Waals surface area (Å²) in [6.07, 6.45) is 0.291. The molecule has 1 fully saturated rings. The van der Waals surface area contributed by atoms with Crippen molar-refractivity contribution < 1.29 is 9.72 Å². The Balaban J connectivity index is 1.63. The second-order valence-electron chi connectivity index (χ2n) is 6.73. The molecule has 0 aliphatic carbocycles. The summed E-state index contributed by atoms with van der Waals surface area (Å²) in [6.45, 7) is 2.68. The lowest BCUT2D eigenvalue weighted by Gasteiger charge is -2.40. The van der Waals surface area contributed by atoms with Crippen molar-refractivity contribution >= 4 is 17.3 Å². The molecule has 2 aromatic carbocycles. The molecule has 0 saturated carbocycles. The van der Waals surface area contributed by atoms with Gasteiger partial charge in [0.25, 0.3) is 5.69 Å². The second kappa shape index (κ2) is 8.64. The molecule has 1 heterocycles. The van der Waals surface area contributed by atoms with Crippen LogP contribution in [0.3, 0.4) is 0 Å². The normalized spacial score (nSPS) is 17.5. The van der Waals surface area contributed by atoms with Crippen LogP contribution >= 0.6 is 0 Å². The highest BCUT2D eigenvalue weighted by molar-refractivity contribution is 5.77. The second-order valence-corrected chi connectivity index (χ2v) is 6.73. The van der Waals surface area contributed by atoms with Gasteiger partial charge in [-0.15, -0.1) is 0 Å². The third-order valence-corrected chi connectivity index (χ3v) is 4.84. The molecular weight excluding hydrogens is 344 g/mol. The highest BCUT2D eigenvalue weighted by Crippen LogP contribution is 2.26. The topological polar surface area (TPSA) is 78.7 Å². The van der Waals surface area contributed by atoms with Gasteiger partial charge in [-0.1, -0.05) is 42.5 Å². The van der Waals surface area contributed by atoms with E-state index in [0.717, 1.165) is 18.7 Å². The molecule has 7 heteroatoms. The van der Waals surface area contributed by atoms with Gasteiger partial charge < -0.3 is 15.1 Å². The number of nitro benzene ring substituents is 1. The Morgan fingerprint density at radius 1 is 1.15 bits per heavy atom. The van der Waals surface area contributed by atoms with Gasteiger partial charge in [0.15, 0.2) is 0 Å². The van der Waals surface area contributed by atoms with Crippen LogP contribution in [-0.4, -0.2) is 53.9 Å². The highest BCUT2D eigenvalue weighted by Gasteiger charge is 2.29. The fraction of sp³-hybridized carbons (Fsp3) is 0.350. The molecule has 3 rings (SSSR count). The Labute approximate surface area is 158 Å². The van der Waals surface area contributed by atoms with E-state index in [4.69, 9.17) is 0 Å². The standard InChI is InChI=1S/C20H24N4O3/c1-22-13-14-23(19(15-22)16-7-3-2-4-8-16)20(25)11-12-21-17-9-5-6-10-18(17)24(26)27/h2-10,19,21H,11-15H2,1H3. The van der Waals surface area contributed by atoms with Crippen LogP contribution in [0.2, 0.25) is 0 Å². The number of hydrogen-bond acceptors (Lipinski definition) is 5. The maximum absolute atomic E-state index is 12.8. The lowest BCUT2D eigenvalue weighted by molar-refractivity contribution is -0.384. The van der Waals surface area contributed by atoms with Crippen LogP contribution in [0.1, 0.15) is 18.0 Å². The fourth-order valence-corrected chi connectivity index (χ4v) is 3.41. The molecule has 0 bridgehead atoms. The van der Waals surface area contributed by atoms with Gasteiger partial charge in [-0.3, -0.25) is 14.9 Å². The molecule has 0 spiro atoms. The molecule has 0 radical (unpaired) electrons. The van der Waals surface area contributed by atoms with Gasteiger partial charge >= 0.3 is 0 Å². The lowest BCUT2D eigenvalue weighted by atomic mass is 10.0. The summed E-state index contributed by atoms with van der Waals surface area (Å²) in [6, 6.07) is 16.6. The summed E-state index contributed by atoms with van der Waals surface area (Å²) in [5, 5.41) is 14.1. The number of para-hydroxylation sites is 2. The van der Waals surface area contributed by atoms with Crippen molar-refractivity contribution in [3.05, 3.63) is 70.3 Å². The zero-order valence-corrected chi connectivity index (χ0v) is 15.4. The number of hydrogen-bond donors (Lipinski definition) is 1. The molecular formula is C20H24N4O3. The minimum absolute atomic E-state index is 0.0201. The minimum atomic E-state index is -0.421. The van der Waals surface area contributed by atoms with Crippen LogP contribution in [0.15, 0.2) is 54.6 Å². The summed E-state index contributed by atoms with van der Waals surface area (Å²) in [7, 11) is 2.06. The molecule has 1 unspecified atom stereocenters. The van der Waals surface area contributed by atoms with Gasteiger partial charge in [-0.2, -0.15) is 0 Å². The van der Waals surface area contributed by atoms with E-state index < -0.39 is 4.92 Å². The first kappa shape index (κ1) is 18.8. The first-order valence-corrected chi connectivity index (χ1v) is 9.06. The summed E-state index contributed by atoms with van der Waals surface area (Å²) in [5.41, 5.74) is 1.59. The maximum Gasteiger partial charge on any atom is 0.292 e. The van der Waals surface area contributed by atoms with Crippen LogP contribution in [0.4, 0.5) is 11.4 Å². The van der Waals surface area contributed by atoms with E-state index in [-0.39, 0.29) is 17.6 Å². The van der Waals surface area contributed by atoms with Gasteiger partial charge in [0.2, 0.25) is 5.91 Å². The number of nitrogens with zero attached hydrogens (tertiary/aromatic N) is 3. The van der Waals surface area contributed by atoms with Crippen molar-refractivity contribution in [1.82, 2.24) is 9.80 Å². The Kier molecular flexibility index (Phi) is 6.03. The fourth-order valence-electron chi connectivity index (χ4n) is 3.41. The Bertz CT molecular complexity index is 797. The summed E-state index contributed by atoms with van der Waals surface area (Å²) >= 11 is 0. The van der Waals surface area contributed by atoms with Crippen molar-refractivity contribution in [2.45, 2.75) is 12.5 Å². The molecule has 1 aliphatic heterocycles. The van der Waals surface area contributed by atoms with Gasteiger partial charge in [-0.05, 0) is 18.7 Å². The molecule has 0 aromatic heterocycles. The number of amides is 1. The van der Waals surface area contributed by atoms with Crippen LogP contribution < -0.4 is 5.32 Å². The van der Waals surface area contributed by atoms with E-state index in [1.807, 2.05) is 23.1 Å². The predicted octanol–water partition coefficient (Wildman–Crippen LogP) is 2.91. The Hall–Kier alpha value is -2.93. The molecule has 1 aliphatic rings. The average molecular weight is 368 g/mol. The van der Waals surface area contributed by atoms with Gasteiger partial charge in [0.1, 0.15) is 5.69 Å². The summed E-state index contributed by atoms with van der Waals surface area (Å²) < 4.78 is 0. The summed E-state index contributed by atoms with van der Waals surface area (Å²) in [4.78, 5) is 27.6. The van der Waals surface area contributed by atoms with E-state index >= 15 is 0 Å². The van der Waals surface area contributed by atoms with E-state index in [0.29, 0.717) is 25.2 Å². The molecule has 1 saturated heterocycles. The maximum atomic E-state index is 12.8. The van der Waals surface area contributed by atoms with Crippen LogP contribution in [0, 0.1) is 10.1 Å². The zero-order valence-electron chi connectivity index (χ0n) is 15.4. The van der Waals surface area contributed by atoms with Gasteiger partial charge in [0, 0.05) is 38.7 Å². The molecule has 27 heavy (non-hydrogen) atoms. The third-order valence-electron chi connectivity index (χ3n) is 4.84. The minimum Gasteiger partial charge on any atom is -0.379 e. The van der Waals surface area contributed by atoms with Crippen molar-refractivity contribution in [2.75, 3.05) is 38.5 Å². The summed E-state index contributed by atoms with van der Waals surface area (Å²) in [5.74, 6) is 0.0584. The number of anilines is 1. The zero-order chi connectivity index (χ0) is 19.2. The lowest BCUT2D eigenvalue weighted by Crippen LogP contribution is -2.49. The smallest absolute Gasteiger partial charge is 0.292 e. The number of nitrogens with one attached hydrogen (secondary N) is 1. The van der Waals surface area contributed by atoms with Crippen LogP contribution in [0.25, 0.3) is 0 Å². The number of carbonyl (C=O) groups is 1. The average Bonchev–Trinajstić information content (AvgIpc) is 2.68. The first-order valence-electron chi connectivity index (χ1n) is 9.06. The van der Waals surface area contributed by atoms with Crippen molar-refractivity contribution in [3.63, 3.8) is 0 Å². The van der Waals surface area contributed by atoms with Crippen molar-refractivity contribution in [1.29, 1.82) is 0 Å². The number of carbonyl (C=O) groups excluding carboxylic acids is 1. The number of piperazine rings is 1. The number of benzene rings is 2. The number of likely N-dealkylation sites (N-methyl/N-ethyl adjacent to an activating group) is 1. The molecule has 1 atom stereocenters. The molecule has 1 amide bonds. The van der Waals surface area contributed by atoms with Gasteiger partial charge in [0.05, 0.1) is 11.0 Å². The highest BCUT2D eigenvalue weighted by atomic mass is 16.6. The SMILES string of the molecule is CN1CCN(C(=O)CCNc2ccccc2[N+](=O)[O-])C(c2ccccc2)C1.